The summed E-state index contributed by atoms with van der Waals surface area (Å²) in [6.07, 6.45) is -0.769. The summed E-state index contributed by atoms with van der Waals surface area (Å²) in [4.78, 5) is 10.9. The summed E-state index contributed by atoms with van der Waals surface area (Å²) >= 11 is 0. The van der Waals surface area contributed by atoms with Crippen molar-refractivity contribution in [3.63, 3.8) is 0 Å². The van der Waals surface area contributed by atoms with Gasteiger partial charge in [0.15, 0.2) is 0 Å². The van der Waals surface area contributed by atoms with E-state index in [1.165, 1.54) is 0 Å². The van der Waals surface area contributed by atoms with Crippen LogP contribution in [0.4, 0.5) is 0 Å². The van der Waals surface area contributed by atoms with Crippen molar-refractivity contribution in [2.45, 2.75) is 20.1 Å². The minimum Gasteiger partial charge on any atom is -0.346 e. The van der Waals surface area contributed by atoms with Crippen LogP contribution in [-0.4, -0.2) is 31.8 Å². The third-order valence-electron chi connectivity index (χ3n) is 1.10. The number of ether oxygens (including phenoxy) is 2. The van der Waals surface area contributed by atoms with Crippen molar-refractivity contribution in [3.8, 4) is 0 Å². The lowest BCUT2D eigenvalue weighted by Gasteiger charge is -2.13. The lowest BCUT2D eigenvalue weighted by Crippen LogP contribution is -2.32. The second kappa shape index (κ2) is 6.27. The summed E-state index contributed by atoms with van der Waals surface area (Å²) in [5.74, 6) is -0.214. The smallest absolute Gasteiger partial charge is 0.219 e. The lowest BCUT2D eigenvalue weighted by molar-refractivity contribution is -0.166. The van der Waals surface area contributed by atoms with Crippen LogP contribution in [0.3, 0.4) is 0 Å². The SMILES string of the molecule is CCOC(OCC)C(=O)CN. The van der Waals surface area contributed by atoms with Gasteiger partial charge in [-0.05, 0) is 13.8 Å². The Morgan fingerprint density at radius 3 is 2.09 bits per heavy atom. The zero-order chi connectivity index (χ0) is 8.69. The quantitative estimate of drug-likeness (QED) is 0.553. The number of hydrogen-bond donors (Lipinski definition) is 1. The van der Waals surface area contributed by atoms with Crippen LogP contribution in [0.2, 0.25) is 0 Å². The minimum atomic E-state index is -0.769. The molecule has 11 heavy (non-hydrogen) atoms. The molecular formula is C7H15NO3. The molecule has 0 unspecified atom stereocenters. The number of carbonyl (C=O) groups is 1. The molecule has 0 amide bonds. The second-order valence-electron chi connectivity index (χ2n) is 1.91. The highest BCUT2D eigenvalue weighted by Gasteiger charge is 2.15. The molecule has 0 aliphatic heterocycles. The third kappa shape index (κ3) is 4.08. The van der Waals surface area contributed by atoms with Gasteiger partial charge in [0.2, 0.25) is 12.1 Å². The first-order valence-corrected chi connectivity index (χ1v) is 3.72. The average molecular weight is 161 g/mol. The van der Waals surface area contributed by atoms with Gasteiger partial charge in [0, 0.05) is 13.2 Å². The number of ketones is 1. The van der Waals surface area contributed by atoms with E-state index in [1.54, 1.807) is 13.8 Å². The molecule has 0 rings (SSSR count). The van der Waals surface area contributed by atoms with Gasteiger partial charge in [-0.2, -0.15) is 0 Å². The number of Topliss-reactive ketones (excluding diaryl/α,β-unsaturated/α-hetero) is 1. The van der Waals surface area contributed by atoms with Crippen molar-refractivity contribution in [1.82, 2.24) is 0 Å². The van der Waals surface area contributed by atoms with E-state index >= 15 is 0 Å². The molecule has 0 saturated carbocycles. The molecule has 0 aliphatic rings. The Morgan fingerprint density at radius 1 is 1.36 bits per heavy atom. The summed E-state index contributed by atoms with van der Waals surface area (Å²) in [6, 6.07) is 0. The molecular weight excluding hydrogens is 146 g/mol. The fourth-order valence-electron chi connectivity index (χ4n) is 0.633. The zero-order valence-corrected chi connectivity index (χ0v) is 7.00. The summed E-state index contributed by atoms with van der Waals surface area (Å²) in [5, 5.41) is 0. The molecule has 0 heterocycles. The van der Waals surface area contributed by atoms with E-state index in [-0.39, 0.29) is 12.3 Å². The van der Waals surface area contributed by atoms with E-state index in [1.807, 2.05) is 0 Å². The van der Waals surface area contributed by atoms with Gasteiger partial charge in [-0.3, -0.25) is 4.79 Å². The molecule has 0 fully saturated rings. The fourth-order valence-corrected chi connectivity index (χ4v) is 0.633. The Labute approximate surface area is 66.7 Å². The van der Waals surface area contributed by atoms with Gasteiger partial charge in [0.1, 0.15) is 0 Å². The molecule has 0 radical (unpaired) electrons. The van der Waals surface area contributed by atoms with E-state index in [0.29, 0.717) is 13.2 Å². The number of carbonyl (C=O) groups excluding carboxylic acids is 1. The molecule has 0 aromatic rings. The van der Waals surface area contributed by atoms with Gasteiger partial charge in [0.05, 0.1) is 6.54 Å². The Bertz CT molecular complexity index is 110. The van der Waals surface area contributed by atoms with Gasteiger partial charge in [-0.25, -0.2) is 0 Å². The minimum absolute atomic E-state index is 0.0370. The Balaban J connectivity index is 3.76. The highest BCUT2D eigenvalue weighted by Crippen LogP contribution is 1.95. The monoisotopic (exact) mass is 161 g/mol. The zero-order valence-electron chi connectivity index (χ0n) is 7.00. The number of hydrogen-bond acceptors (Lipinski definition) is 4. The average Bonchev–Trinajstić information content (AvgIpc) is 2.03. The molecule has 4 nitrogen and oxygen atoms in total. The van der Waals surface area contributed by atoms with Crippen molar-refractivity contribution in [3.05, 3.63) is 0 Å². The van der Waals surface area contributed by atoms with E-state index in [9.17, 15) is 4.79 Å². The maximum absolute atomic E-state index is 10.9. The van der Waals surface area contributed by atoms with E-state index in [2.05, 4.69) is 0 Å². The van der Waals surface area contributed by atoms with Crippen LogP contribution in [0.25, 0.3) is 0 Å². The molecule has 0 aromatic heterocycles. The van der Waals surface area contributed by atoms with Crippen molar-refractivity contribution in [2.75, 3.05) is 19.8 Å². The number of nitrogens with two attached hydrogens (primary N) is 1. The topological polar surface area (TPSA) is 61.5 Å². The summed E-state index contributed by atoms with van der Waals surface area (Å²) in [7, 11) is 0. The predicted octanol–water partition coefficient (Wildman–Crippen LogP) is -0.0867. The van der Waals surface area contributed by atoms with Crippen LogP contribution < -0.4 is 5.73 Å². The first-order chi connectivity index (χ1) is 5.26. The van der Waals surface area contributed by atoms with Crippen LogP contribution in [0.15, 0.2) is 0 Å². The van der Waals surface area contributed by atoms with Gasteiger partial charge in [-0.15, -0.1) is 0 Å². The van der Waals surface area contributed by atoms with Crippen LogP contribution in [0.1, 0.15) is 13.8 Å². The Morgan fingerprint density at radius 2 is 1.82 bits per heavy atom. The van der Waals surface area contributed by atoms with Crippen LogP contribution in [0, 0.1) is 0 Å². The van der Waals surface area contributed by atoms with Crippen molar-refractivity contribution in [2.24, 2.45) is 5.73 Å². The fraction of sp³-hybridized carbons (Fsp3) is 0.857. The molecule has 0 aromatic carbocycles. The molecule has 2 N–H and O–H groups in total. The van der Waals surface area contributed by atoms with Crippen molar-refractivity contribution in [1.29, 1.82) is 0 Å². The Hall–Kier alpha value is -0.450. The number of rotatable bonds is 6. The lowest BCUT2D eigenvalue weighted by atomic mass is 10.4. The van der Waals surface area contributed by atoms with Gasteiger partial charge in [-0.1, -0.05) is 0 Å². The molecule has 0 spiro atoms. The van der Waals surface area contributed by atoms with Gasteiger partial charge >= 0.3 is 0 Å². The molecule has 66 valence electrons. The maximum Gasteiger partial charge on any atom is 0.219 e. The van der Waals surface area contributed by atoms with Gasteiger partial charge < -0.3 is 15.2 Å². The Kier molecular flexibility index (Phi) is 6.02. The molecule has 0 aliphatic carbocycles. The predicted molar refractivity (Wildman–Crippen MR) is 41.1 cm³/mol. The maximum atomic E-state index is 10.9. The summed E-state index contributed by atoms with van der Waals surface area (Å²) in [5.41, 5.74) is 5.12. The van der Waals surface area contributed by atoms with Crippen LogP contribution >= 0.6 is 0 Å². The summed E-state index contributed by atoms with van der Waals surface area (Å²) in [6.45, 7) is 4.48. The largest absolute Gasteiger partial charge is 0.346 e. The highest BCUT2D eigenvalue weighted by molar-refractivity contribution is 5.83. The standard InChI is InChI=1S/C7H15NO3/c1-3-10-7(11-4-2)6(9)5-8/h7H,3-5,8H2,1-2H3. The normalized spacial score (nSPS) is 10.5. The molecule has 0 atom stereocenters. The van der Waals surface area contributed by atoms with E-state index in [0.717, 1.165) is 0 Å². The summed E-state index contributed by atoms with van der Waals surface area (Å²) < 4.78 is 9.97. The molecule has 0 saturated heterocycles. The van der Waals surface area contributed by atoms with E-state index < -0.39 is 6.29 Å². The van der Waals surface area contributed by atoms with Crippen molar-refractivity contribution >= 4 is 5.78 Å². The van der Waals surface area contributed by atoms with Crippen LogP contribution in [0.5, 0.6) is 0 Å². The second-order valence-corrected chi connectivity index (χ2v) is 1.91. The molecule has 4 heteroatoms. The third-order valence-corrected chi connectivity index (χ3v) is 1.10. The van der Waals surface area contributed by atoms with Gasteiger partial charge in [0.25, 0.3) is 0 Å². The molecule has 0 bridgehead atoms. The highest BCUT2D eigenvalue weighted by atomic mass is 16.7. The van der Waals surface area contributed by atoms with Crippen LogP contribution in [-0.2, 0) is 14.3 Å². The van der Waals surface area contributed by atoms with E-state index in [4.69, 9.17) is 15.2 Å². The van der Waals surface area contributed by atoms with Crippen molar-refractivity contribution < 1.29 is 14.3 Å². The first kappa shape index (κ1) is 10.6. The first-order valence-electron chi connectivity index (χ1n) is 3.72.